The van der Waals surface area contributed by atoms with Gasteiger partial charge in [-0.05, 0) is 104 Å². The molecular formula is C31H43NO3. The third kappa shape index (κ3) is 2.79. The Kier molecular flexibility index (Phi) is 5.19. The third-order valence-corrected chi connectivity index (χ3v) is 12.9. The molecule has 0 aliphatic heterocycles. The normalized spacial score (nSPS) is 50.0. The number of carbonyl (C=O) groups is 2. The minimum absolute atomic E-state index is 0.00476. The highest BCUT2D eigenvalue weighted by Gasteiger charge is 2.72. The first-order valence-corrected chi connectivity index (χ1v) is 13.8. The minimum atomic E-state index is -0.606. The van der Waals surface area contributed by atoms with Gasteiger partial charge in [0, 0.05) is 5.41 Å². The zero-order valence-corrected chi connectivity index (χ0v) is 22.5. The quantitative estimate of drug-likeness (QED) is 0.436. The number of nitrogens with zero attached hydrogens (tertiary/aromatic N) is 1. The average Bonchev–Trinajstić information content (AvgIpc) is 3.18. The number of carbonyl (C=O) groups excluding carboxylic acids is 1. The third-order valence-electron chi connectivity index (χ3n) is 12.9. The molecule has 5 rings (SSSR count). The van der Waals surface area contributed by atoms with Crippen LogP contribution in [0.1, 0.15) is 92.9 Å². The summed E-state index contributed by atoms with van der Waals surface area (Å²) in [6.45, 7) is 17.8. The van der Waals surface area contributed by atoms with Crippen LogP contribution in [0.5, 0.6) is 0 Å². The second-order valence-corrected chi connectivity index (χ2v) is 14.2. The van der Waals surface area contributed by atoms with E-state index in [0.29, 0.717) is 23.3 Å². The molecule has 1 N–H and O–H groups in total. The first-order chi connectivity index (χ1) is 16.2. The first-order valence-electron chi connectivity index (χ1n) is 13.8. The Morgan fingerprint density at radius 3 is 2.29 bits per heavy atom. The Bertz CT molecular complexity index is 1080. The molecule has 4 fully saturated rings. The van der Waals surface area contributed by atoms with E-state index in [4.69, 9.17) is 0 Å². The molecule has 9 atom stereocenters. The van der Waals surface area contributed by atoms with Gasteiger partial charge in [-0.2, -0.15) is 5.26 Å². The zero-order valence-electron chi connectivity index (χ0n) is 22.5. The Hall–Kier alpha value is -1.89. The number of fused-ring (bicyclic) bond motifs is 7. The lowest BCUT2D eigenvalue weighted by molar-refractivity contribution is -0.221. The molecule has 4 nitrogen and oxygen atoms in total. The molecule has 4 saturated carbocycles. The summed E-state index contributed by atoms with van der Waals surface area (Å²) < 4.78 is 0. The van der Waals surface area contributed by atoms with Crippen LogP contribution in [0.15, 0.2) is 23.8 Å². The van der Waals surface area contributed by atoms with Crippen molar-refractivity contribution in [1.82, 2.24) is 0 Å². The fraction of sp³-hybridized carbons (Fsp3) is 0.774. The fourth-order valence-corrected chi connectivity index (χ4v) is 11.1. The Morgan fingerprint density at radius 1 is 1.00 bits per heavy atom. The molecule has 4 heteroatoms. The van der Waals surface area contributed by atoms with E-state index in [1.807, 2.05) is 0 Å². The summed E-state index contributed by atoms with van der Waals surface area (Å²) >= 11 is 0. The molecule has 0 amide bonds. The van der Waals surface area contributed by atoms with Crippen molar-refractivity contribution in [1.29, 1.82) is 5.26 Å². The predicted octanol–water partition coefficient (Wildman–Crippen LogP) is 6.97. The fourth-order valence-electron chi connectivity index (χ4n) is 11.1. The van der Waals surface area contributed by atoms with Gasteiger partial charge in [-0.1, -0.05) is 52.8 Å². The van der Waals surface area contributed by atoms with Gasteiger partial charge >= 0.3 is 5.97 Å². The smallest absolute Gasteiger partial charge is 0.309 e. The second-order valence-electron chi connectivity index (χ2n) is 14.2. The molecular weight excluding hydrogens is 434 g/mol. The van der Waals surface area contributed by atoms with Crippen molar-refractivity contribution in [2.45, 2.75) is 92.9 Å². The van der Waals surface area contributed by atoms with Crippen molar-refractivity contribution in [2.75, 3.05) is 0 Å². The number of hydrogen-bond donors (Lipinski definition) is 1. The van der Waals surface area contributed by atoms with Crippen LogP contribution in [0.25, 0.3) is 0 Å². The van der Waals surface area contributed by atoms with E-state index in [1.165, 1.54) is 0 Å². The lowest BCUT2D eigenvalue weighted by atomic mass is 9.32. The van der Waals surface area contributed by atoms with Crippen molar-refractivity contribution in [3.63, 3.8) is 0 Å². The van der Waals surface area contributed by atoms with E-state index in [1.54, 1.807) is 0 Å². The van der Waals surface area contributed by atoms with Crippen LogP contribution in [0.4, 0.5) is 0 Å². The summed E-state index contributed by atoms with van der Waals surface area (Å²) in [6.07, 6.45) is 9.63. The second kappa shape index (κ2) is 7.33. The molecule has 5 aliphatic rings. The molecule has 0 bridgehead atoms. The van der Waals surface area contributed by atoms with Crippen LogP contribution in [0.2, 0.25) is 0 Å². The van der Waals surface area contributed by atoms with Crippen molar-refractivity contribution >= 4 is 11.8 Å². The van der Waals surface area contributed by atoms with Crippen LogP contribution < -0.4 is 0 Å². The highest BCUT2D eigenvalue weighted by molar-refractivity contribution is 6.04. The van der Waals surface area contributed by atoms with Gasteiger partial charge in [-0.25, -0.2) is 0 Å². The topological polar surface area (TPSA) is 78.2 Å². The summed E-state index contributed by atoms with van der Waals surface area (Å²) in [5.74, 6) is 0.848. The van der Waals surface area contributed by atoms with E-state index in [-0.39, 0.29) is 33.9 Å². The molecule has 0 heterocycles. The number of carboxylic acid groups (broad SMARTS) is 1. The van der Waals surface area contributed by atoms with Gasteiger partial charge in [-0.15, -0.1) is 0 Å². The van der Waals surface area contributed by atoms with Crippen LogP contribution in [-0.2, 0) is 9.59 Å². The monoisotopic (exact) mass is 477 g/mol. The van der Waals surface area contributed by atoms with E-state index in [9.17, 15) is 20.0 Å². The average molecular weight is 478 g/mol. The first kappa shape index (κ1) is 24.8. The number of nitriles is 1. The van der Waals surface area contributed by atoms with E-state index < -0.39 is 16.8 Å². The Labute approximate surface area is 211 Å². The Balaban J connectivity index is 1.62. The molecule has 190 valence electrons. The van der Waals surface area contributed by atoms with Gasteiger partial charge in [-0.3, -0.25) is 9.59 Å². The maximum Gasteiger partial charge on any atom is 0.309 e. The van der Waals surface area contributed by atoms with E-state index in [2.05, 4.69) is 60.3 Å². The molecule has 0 aromatic carbocycles. The summed E-state index contributed by atoms with van der Waals surface area (Å²) in [5, 5.41) is 20.4. The molecule has 0 aromatic rings. The number of ketones is 1. The molecule has 0 aromatic heterocycles. The van der Waals surface area contributed by atoms with Crippen molar-refractivity contribution < 1.29 is 14.7 Å². The van der Waals surface area contributed by atoms with Gasteiger partial charge in [0.1, 0.15) is 6.07 Å². The van der Waals surface area contributed by atoms with Crippen molar-refractivity contribution in [2.24, 2.45) is 56.7 Å². The van der Waals surface area contributed by atoms with Gasteiger partial charge in [0.2, 0.25) is 0 Å². The number of hydrogen-bond acceptors (Lipinski definition) is 3. The number of allylic oxidation sites excluding steroid dienone is 3. The summed E-state index contributed by atoms with van der Waals surface area (Å²) in [5.41, 5.74) is 0.241. The van der Waals surface area contributed by atoms with E-state index >= 15 is 0 Å². The Morgan fingerprint density at radius 2 is 1.69 bits per heavy atom. The van der Waals surface area contributed by atoms with Crippen molar-refractivity contribution in [3.05, 3.63) is 23.8 Å². The summed E-state index contributed by atoms with van der Waals surface area (Å²) in [4.78, 5) is 26.0. The number of rotatable bonds is 2. The number of Topliss-reactive ketones (excluding diaryl/α,β-unsaturated/α-hetero) is 1. The molecule has 0 spiro atoms. The van der Waals surface area contributed by atoms with Crippen LogP contribution >= 0.6 is 0 Å². The molecule has 2 unspecified atom stereocenters. The molecule has 0 radical (unpaired) electrons. The number of carboxylic acids is 1. The molecule has 5 aliphatic carbocycles. The molecule has 0 saturated heterocycles. The van der Waals surface area contributed by atoms with E-state index in [0.717, 1.165) is 56.9 Å². The predicted molar refractivity (Wildman–Crippen MR) is 136 cm³/mol. The standard InChI is InChI=1S/C31H43NO3/c1-18(2)20-10-13-31(26(34)35)15-14-29(6)21(24(20)31)8-9-23-28(5)16-19(17-32)25(33)27(3,4)22(28)11-12-30(23,29)7/h16,20-24H,1,8-15H2,2-7H3,(H,34,35)/t20-,21?,22-,23+,24+,28-,29+,30+,31?/m0/s1. The molecule has 35 heavy (non-hydrogen) atoms. The number of aliphatic carboxylic acids is 1. The van der Waals surface area contributed by atoms with Gasteiger partial charge in [0.15, 0.2) is 5.78 Å². The van der Waals surface area contributed by atoms with Crippen LogP contribution in [-0.4, -0.2) is 16.9 Å². The summed E-state index contributed by atoms with van der Waals surface area (Å²) in [7, 11) is 0. The maximum absolute atomic E-state index is 13.2. The van der Waals surface area contributed by atoms with Gasteiger partial charge < -0.3 is 5.11 Å². The van der Waals surface area contributed by atoms with Gasteiger partial charge in [0.25, 0.3) is 0 Å². The maximum atomic E-state index is 13.2. The lowest BCUT2D eigenvalue weighted by Gasteiger charge is -2.71. The lowest BCUT2D eigenvalue weighted by Crippen LogP contribution is -2.66. The van der Waals surface area contributed by atoms with Crippen molar-refractivity contribution in [3.8, 4) is 6.07 Å². The minimum Gasteiger partial charge on any atom is -0.481 e. The van der Waals surface area contributed by atoms with Crippen LogP contribution in [0.3, 0.4) is 0 Å². The highest BCUT2D eigenvalue weighted by Crippen LogP contribution is 2.77. The van der Waals surface area contributed by atoms with Gasteiger partial charge in [0.05, 0.1) is 11.0 Å². The summed E-state index contributed by atoms with van der Waals surface area (Å²) in [6, 6.07) is 2.24. The SMILES string of the molecule is C=C(C)[C@@H]1CCC2(C(=O)O)CC[C@]3(C)C(CC[C@@H]4[C@@]5(C)C=C(C#N)C(=O)C(C)(C)[C@@H]5CC[C@]43C)[C@@H]12. The van der Waals surface area contributed by atoms with Crippen LogP contribution in [0, 0.1) is 68.0 Å². The highest BCUT2D eigenvalue weighted by atomic mass is 16.4. The largest absolute Gasteiger partial charge is 0.481 e. The zero-order chi connectivity index (χ0) is 25.8.